The maximum absolute atomic E-state index is 13.0. The second-order valence-electron chi connectivity index (χ2n) is 7.00. The zero-order valence-electron chi connectivity index (χ0n) is 17.7. The van der Waals surface area contributed by atoms with Gasteiger partial charge in [-0.05, 0) is 49.6 Å². The van der Waals surface area contributed by atoms with Gasteiger partial charge in [0.15, 0.2) is 5.96 Å². The number of hydrogen-bond acceptors (Lipinski definition) is 5. The van der Waals surface area contributed by atoms with E-state index in [1.54, 1.807) is 31.4 Å². The van der Waals surface area contributed by atoms with E-state index in [4.69, 9.17) is 9.47 Å². The number of rotatable bonds is 6. The van der Waals surface area contributed by atoms with Crippen LogP contribution in [-0.2, 0) is 16.1 Å². The van der Waals surface area contributed by atoms with Crippen molar-refractivity contribution in [1.29, 1.82) is 0 Å². The number of nitrogens with zero attached hydrogens (tertiary/aromatic N) is 3. The van der Waals surface area contributed by atoms with E-state index in [0.717, 1.165) is 30.9 Å². The highest BCUT2D eigenvalue weighted by Crippen LogP contribution is 2.20. The van der Waals surface area contributed by atoms with Crippen LogP contribution in [0.15, 0.2) is 47.6 Å². The first-order chi connectivity index (χ1) is 14.6. The molecule has 2 heterocycles. The predicted octanol–water partition coefficient (Wildman–Crippen LogP) is 3.98. The van der Waals surface area contributed by atoms with Crippen molar-refractivity contribution < 1.29 is 18.7 Å². The SMILES string of the molecule is CCOC(=O)C1CCCN(C(=NC)NCc2ccc(Oc3ccc(F)cc3)nc2)C1.I. The average molecular weight is 542 g/mol. The number of pyridine rings is 1. The lowest BCUT2D eigenvalue weighted by molar-refractivity contribution is -0.149. The van der Waals surface area contributed by atoms with Crippen LogP contribution in [0.3, 0.4) is 0 Å². The molecule has 9 heteroatoms. The average Bonchev–Trinajstić information content (AvgIpc) is 2.77. The summed E-state index contributed by atoms with van der Waals surface area (Å²) in [4.78, 5) is 22.8. The van der Waals surface area contributed by atoms with Crippen LogP contribution in [0.1, 0.15) is 25.3 Å². The van der Waals surface area contributed by atoms with Crippen LogP contribution in [0.2, 0.25) is 0 Å². The molecule has 1 aliphatic heterocycles. The molecular weight excluding hydrogens is 514 g/mol. The van der Waals surface area contributed by atoms with Gasteiger partial charge in [-0.25, -0.2) is 9.37 Å². The lowest BCUT2D eigenvalue weighted by atomic mass is 9.98. The van der Waals surface area contributed by atoms with Crippen molar-refractivity contribution in [3.63, 3.8) is 0 Å². The quantitative estimate of drug-likeness (QED) is 0.258. The molecule has 1 fully saturated rings. The number of aliphatic imine (C=N–C) groups is 1. The van der Waals surface area contributed by atoms with E-state index in [0.29, 0.717) is 31.3 Å². The maximum Gasteiger partial charge on any atom is 0.310 e. The van der Waals surface area contributed by atoms with Crippen LogP contribution in [0.5, 0.6) is 11.6 Å². The van der Waals surface area contributed by atoms with Gasteiger partial charge >= 0.3 is 5.97 Å². The number of ether oxygens (including phenoxy) is 2. The van der Waals surface area contributed by atoms with Crippen LogP contribution < -0.4 is 10.1 Å². The molecule has 1 aliphatic rings. The minimum Gasteiger partial charge on any atom is -0.466 e. The number of esters is 1. The highest BCUT2D eigenvalue weighted by atomic mass is 127. The molecule has 7 nitrogen and oxygen atoms in total. The molecule has 168 valence electrons. The maximum atomic E-state index is 13.0. The molecule has 1 saturated heterocycles. The zero-order chi connectivity index (χ0) is 21.3. The third kappa shape index (κ3) is 7.34. The first-order valence-electron chi connectivity index (χ1n) is 10.1. The minimum atomic E-state index is -0.313. The molecule has 1 aromatic heterocycles. The Labute approximate surface area is 199 Å². The first-order valence-corrected chi connectivity index (χ1v) is 10.1. The van der Waals surface area contributed by atoms with E-state index in [9.17, 15) is 9.18 Å². The number of nitrogens with one attached hydrogen (secondary N) is 1. The second kappa shape index (κ2) is 12.4. The van der Waals surface area contributed by atoms with E-state index in [1.165, 1.54) is 12.1 Å². The molecule has 31 heavy (non-hydrogen) atoms. The Morgan fingerprint density at radius 2 is 2.06 bits per heavy atom. The third-order valence-corrected chi connectivity index (χ3v) is 4.84. The van der Waals surface area contributed by atoms with Crippen LogP contribution >= 0.6 is 24.0 Å². The molecule has 1 atom stereocenters. The van der Waals surface area contributed by atoms with E-state index in [-0.39, 0.29) is 41.7 Å². The Morgan fingerprint density at radius 1 is 1.29 bits per heavy atom. The smallest absolute Gasteiger partial charge is 0.310 e. The Balaban J connectivity index is 0.00000341. The zero-order valence-corrected chi connectivity index (χ0v) is 20.0. The normalized spacial score (nSPS) is 16.3. The lowest BCUT2D eigenvalue weighted by Crippen LogP contribution is -2.48. The van der Waals surface area contributed by atoms with Crippen molar-refractivity contribution in [3.8, 4) is 11.6 Å². The summed E-state index contributed by atoms with van der Waals surface area (Å²) in [6, 6.07) is 9.46. The lowest BCUT2D eigenvalue weighted by Gasteiger charge is -2.33. The van der Waals surface area contributed by atoms with Gasteiger partial charge in [-0.2, -0.15) is 0 Å². The molecule has 3 rings (SSSR count). The summed E-state index contributed by atoms with van der Waals surface area (Å²) < 4.78 is 23.8. The van der Waals surface area contributed by atoms with Gasteiger partial charge in [-0.15, -0.1) is 24.0 Å². The number of aromatic nitrogens is 1. The Morgan fingerprint density at radius 3 is 2.71 bits per heavy atom. The number of benzene rings is 1. The third-order valence-electron chi connectivity index (χ3n) is 4.84. The fourth-order valence-electron chi connectivity index (χ4n) is 3.33. The van der Waals surface area contributed by atoms with E-state index >= 15 is 0 Å². The monoisotopic (exact) mass is 542 g/mol. The largest absolute Gasteiger partial charge is 0.466 e. The van der Waals surface area contributed by atoms with E-state index in [2.05, 4.69) is 20.2 Å². The van der Waals surface area contributed by atoms with Crippen molar-refractivity contribution in [3.05, 3.63) is 54.0 Å². The molecule has 1 unspecified atom stereocenters. The molecule has 1 aromatic carbocycles. The molecule has 0 aliphatic carbocycles. The molecule has 0 radical (unpaired) electrons. The summed E-state index contributed by atoms with van der Waals surface area (Å²) in [6.07, 6.45) is 3.48. The number of carbonyl (C=O) groups excluding carboxylic acids is 1. The Kier molecular flexibility index (Phi) is 9.96. The van der Waals surface area contributed by atoms with Crippen molar-refractivity contribution in [2.45, 2.75) is 26.3 Å². The van der Waals surface area contributed by atoms with Gasteiger partial charge in [0.1, 0.15) is 11.6 Å². The molecule has 2 aromatic rings. The van der Waals surface area contributed by atoms with Crippen LogP contribution in [0.25, 0.3) is 0 Å². The molecule has 0 bridgehead atoms. The fourth-order valence-corrected chi connectivity index (χ4v) is 3.33. The Hall–Kier alpha value is -2.43. The first kappa shape index (κ1) is 24.8. The Bertz CT molecular complexity index is 862. The van der Waals surface area contributed by atoms with Gasteiger partial charge in [0.2, 0.25) is 5.88 Å². The van der Waals surface area contributed by atoms with Gasteiger partial charge in [-0.1, -0.05) is 6.07 Å². The van der Waals surface area contributed by atoms with Crippen LogP contribution in [-0.4, -0.2) is 48.6 Å². The van der Waals surface area contributed by atoms with Gasteiger partial charge in [0, 0.05) is 38.9 Å². The number of likely N-dealkylation sites (tertiary alicyclic amines) is 1. The minimum absolute atomic E-state index is 0. The molecule has 0 amide bonds. The van der Waals surface area contributed by atoms with Crippen molar-refractivity contribution in [1.82, 2.24) is 15.2 Å². The summed E-state index contributed by atoms with van der Waals surface area (Å²) in [6.45, 7) is 4.20. The highest BCUT2D eigenvalue weighted by Gasteiger charge is 2.28. The van der Waals surface area contributed by atoms with Gasteiger partial charge in [0.05, 0.1) is 12.5 Å². The number of halogens is 2. The number of hydrogen-bond donors (Lipinski definition) is 1. The van der Waals surface area contributed by atoms with E-state index in [1.807, 2.05) is 13.0 Å². The van der Waals surface area contributed by atoms with Gasteiger partial charge in [0.25, 0.3) is 0 Å². The summed E-state index contributed by atoms with van der Waals surface area (Å²) in [5.41, 5.74) is 0.960. The standard InChI is InChI=1S/C22H27FN4O3.HI/c1-3-29-21(28)17-5-4-12-27(15-17)22(24-2)26-14-16-6-11-20(25-13-16)30-19-9-7-18(23)8-10-19;/h6-11,13,17H,3-5,12,14-15H2,1-2H3,(H,24,26);1H. The summed E-state index contributed by atoms with van der Waals surface area (Å²) in [5, 5.41) is 3.32. The predicted molar refractivity (Wildman–Crippen MR) is 127 cm³/mol. The van der Waals surface area contributed by atoms with Crippen molar-refractivity contribution in [2.75, 3.05) is 26.7 Å². The van der Waals surface area contributed by atoms with Crippen LogP contribution in [0.4, 0.5) is 4.39 Å². The van der Waals surface area contributed by atoms with Crippen molar-refractivity contribution in [2.24, 2.45) is 10.9 Å². The fraction of sp³-hybridized carbons (Fsp3) is 0.409. The number of carbonyl (C=O) groups is 1. The second-order valence-corrected chi connectivity index (χ2v) is 7.00. The van der Waals surface area contributed by atoms with Gasteiger partial charge in [-0.3, -0.25) is 9.79 Å². The molecular formula is C22H28FIN4O3. The molecule has 0 spiro atoms. The number of piperidine rings is 1. The summed E-state index contributed by atoms with van der Waals surface area (Å²) >= 11 is 0. The summed E-state index contributed by atoms with van der Waals surface area (Å²) in [7, 11) is 1.73. The van der Waals surface area contributed by atoms with Gasteiger partial charge < -0.3 is 19.7 Å². The highest BCUT2D eigenvalue weighted by molar-refractivity contribution is 14.0. The van der Waals surface area contributed by atoms with E-state index < -0.39 is 0 Å². The topological polar surface area (TPSA) is 76.0 Å². The molecule has 1 N–H and O–H groups in total. The van der Waals surface area contributed by atoms with Crippen LogP contribution in [0, 0.1) is 11.7 Å². The molecule has 0 saturated carbocycles. The van der Waals surface area contributed by atoms with Crippen molar-refractivity contribution >= 4 is 35.9 Å². The number of guanidine groups is 1. The summed E-state index contributed by atoms with van der Waals surface area (Å²) in [5.74, 6) is 1.13.